The van der Waals surface area contributed by atoms with Gasteiger partial charge in [0.05, 0.1) is 17.6 Å². The molecule has 1 saturated carbocycles. The maximum Gasteiger partial charge on any atom is 0.352 e. The van der Waals surface area contributed by atoms with Gasteiger partial charge in [0, 0.05) is 6.54 Å². The maximum absolute atomic E-state index is 10.9. The highest BCUT2D eigenvalue weighted by molar-refractivity contribution is 5.67. The molecule has 19 heavy (non-hydrogen) atoms. The lowest BCUT2D eigenvalue weighted by Gasteiger charge is -2.11. The zero-order valence-electron chi connectivity index (χ0n) is 10.5. The number of hydrogen-bond acceptors (Lipinski definition) is 7. The van der Waals surface area contributed by atoms with E-state index in [-0.39, 0.29) is 17.3 Å². The summed E-state index contributed by atoms with van der Waals surface area (Å²) in [6.45, 7) is 0.944. The number of nitrogen functional groups attached to an aromatic ring is 1. The first-order valence-corrected chi connectivity index (χ1v) is 6.29. The minimum atomic E-state index is -0.588. The van der Waals surface area contributed by atoms with Gasteiger partial charge in [-0.15, -0.1) is 0 Å². The summed E-state index contributed by atoms with van der Waals surface area (Å²) in [5, 5.41) is 13.7. The Balaban J connectivity index is 1.85. The Morgan fingerprint density at radius 2 is 2.21 bits per heavy atom. The number of aromatic nitrogens is 2. The van der Waals surface area contributed by atoms with Crippen LogP contribution in [0.15, 0.2) is 6.33 Å². The van der Waals surface area contributed by atoms with Crippen molar-refractivity contribution in [2.75, 3.05) is 24.2 Å². The van der Waals surface area contributed by atoms with Crippen molar-refractivity contribution >= 4 is 17.3 Å². The van der Waals surface area contributed by atoms with Crippen LogP contribution in [0.25, 0.3) is 0 Å². The molecule has 8 heteroatoms. The molecule has 1 aliphatic rings. The van der Waals surface area contributed by atoms with E-state index >= 15 is 0 Å². The second kappa shape index (κ2) is 6.28. The molecule has 0 spiro atoms. The molecule has 2 rings (SSSR count). The molecule has 1 fully saturated rings. The van der Waals surface area contributed by atoms with E-state index in [1.807, 2.05) is 0 Å². The summed E-state index contributed by atoms with van der Waals surface area (Å²) in [7, 11) is 0. The Labute approximate surface area is 110 Å². The van der Waals surface area contributed by atoms with Gasteiger partial charge in [-0.2, -0.15) is 0 Å². The van der Waals surface area contributed by atoms with Crippen LogP contribution >= 0.6 is 0 Å². The van der Waals surface area contributed by atoms with Crippen LogP contribution in [-0.2, 0) is 4.74 Å². The van der Waals surface area contributed by atoms with Gasteiger partial charge < -0.3 is 15.8 Å². The molecule has 1 aliphatic carbocycles. The van der Waals surface area contributed by atoms with E-state index in [0.29, 0.717) is 19.3 Å². The average molecular weight is 267 g/mol. The van der Waals surface area contributed by atoms with E-state index in [9.17, 15) is 10.1 Å². The van der Waals surface area contributed by atoms with Crippen LogP contribution in [0, 0.1) is 10.1 Å². The molecule has 1 aromatic heterocycles. The Morgan fingerprint density at radius 1 is 1.47 bits per heavy atom. The summed E-state index contributed by atoms with van der Waals surface area (Å²) < 4.78 is 5.65. The summed E-state index contributed by atoms with van der Waals surface area (Å²) >= 11 is 0. The minimum Gasteiger partial charge on any atom is -0.378 e. The molecule has 0 saturated heterocycles. The third-order valence-corrected chi connectivity index (χ3v) is 3.08. The van der Waals surface area contributed by atoms with Gasteiger partial charge in [0.25, 0.3) is 0 Å². The summed E-state index contributed by atoms with van der Waals surface area (Å²) in [5.41, 5.74) is 5.17. The first-order valence-electron chi connectivity index (χ1n) is 6.29. The first-order chi connectivity index (χ1) is 9.18. The number of nitrogens with two attached hydrogens (primary N) is 1. The minimum absolute atomic E-state index is 0.132. The van der Waals surface area contributed by atoms with Gasteiger partial charge in [-0.3, -0.25) is 10.1 Å². The average Bonchev–Trinajstić information content (AvgIpc) is 2.87. The third-order valence-electron chi connectivity index (χ3n) is 3.08. The number of ether oxygens (including phenoxy) is 1. The van der Waals surface area contributed by atoms with Crippen molar-refractivity contribution in [2.24, 2.45) is 0 Å². The number of rotatable bonds is 6. The van der Waals surface area contributed by atoms with Crippen LogP contribution in [0.2, 0.25) is 0 Å². The van der Waals surface area contributed by atoms with E-state index in [1.165, 1.54) is 19.2 Å². The smallest absolute Gasteiger partial charge is 0.352 e. The van der Waals surface area contributed by atoms with Gasteiger partial charge in [-0.1, -0.05) is 12.8 Å². The number of hydrogen-bond donors (Lipinski definition) is 2. The van der Waals surface area contributed by atoms with Crippen molar-refractivity contribution in [3.05, 3.63) is 16.4 Å². The molecule has 1 heterocycles. The Kier molecular flexibility index (Phi) is 4.45. The molecular formula is C11H17N5O3. The molecule has 0 amide bonds. The van der Waals surface area contributed by atoms with Crippen LogP contribution in [0.3, 0.4) is 0 Å². The van der Waals surface area contributed by atoms with Crippen molar-refractivity contribution in [1.82, 2.24) is 9.97 Å². The summed E-state index contributed by atoms with van der Waals surface area (Å²) in [4.78, 5) is 17.7. The molecule has 8 nitrogen and oxygen atoms in total. The molecule has 0 aromatic carbocycles. The first kappa shape index (κ1) is 13.5. The number of anilines is 2. The predicted molar refractivity (Wildman–Crippen MR) is 69.8 cm³/mol. The van der Waals surface area contributed by atoms with Crippen molar-refractivity contribution in [3.63, 3.8) is 0 Å². The fourth-order valence-electron chi connectivity index (χ4n) is 2.15. The molecule has 0 unspecified atom stereocenters. The number of nitro groups is 1. The van der Waals surface area contributed by atoms with Crippen LogP contribution in [-0.4, -0.2) is 34.1 Å². The van der Waals surface area contributed by atoms with Crippen molar-refractivity contribution in [3.8, 4) is 0 Å². The normalized spacial score (nSPS) is 15.6. The lowest BCUT2D eigenvalue weighted by Crippen LogP contribution is -2.17. The van der Waals surface area contributed by atoms with E-state index in [0.717, 1.165) is 12.8 Å². The second-order valence-corrected chi connectivity index (χ2v) is 4.42. The molecule has 1 aromatic rings. The van der Waals surface area contributed by atoms with E-state index in [1.54, 1.807) is 0 Å². The topological polar surface area (TPSA) is 116 Å². The SMILES string of the molecule is Nc1ncnc(NCCOC2CCCC2)c1[N+](=O)[O-]. The zero-order chi connectivity index (χ0) is 13.7. The van der Waals surface area contributed by atoms with Crippen LogP contribution in [0.5, 0.6) is 0 Å². The van der Waals surface area contributed by atoms with E-state index in [2.05, 4.69) is 15.3 Å². The van der Waals surface area contributed by atoms with Crippen LogP contribution < -0.4 is 11.1 Å². The highest BCUT2D eigenvalue weighted by Crippen LogP contribution is 2.26. The van der Waals surface area contributed by atoms with Gasteiger partial charge in [-0.25, -0.2) is 9.97 Å². The van der Waals surface area contributed by atoms with Gasteiger partial charge in [0.1, 0.15) is 6.33 Å². The van der Waals surface area contributed by atoms with Gasteiger partial charge in [-0.05, 0) is 12.8 Å². The lowest BCUT2D eigenvalue weighted by atomic mass is 10.3. The number of nitrogens with zero attached hydrogens (tertiary/aromatic N) is 3. The highest BCUT2D eigenvalue weighted by Gasteiger charge is 2.20. The molecular weight excluding hydrogens is 250 g/mol. The van der Waals surface area contributed by atoms with E-state index in [4.69, 9.17) is 10.5 Å². The Bertz CT molecular complexity index is 448. The van der Waals surface area contributed by atoms with E-state index < -0.39 is 4.92 Å². The highest BCUT2D eigenvalue weighted by atomic mass is 16.6. The molecule has 3 N–H and O–H groups in total. The molecule has 0 radical (unpaired) electrons. The van der Waals surface area contributed by atoms with Gasteiger partial charge in [0.2, 0.25) is 11.6 Å². The number of nitrogens with one attached hydrogen (secondary N) is 1. The zero-order valence-corrected chi connectivity index (χ0v) is 10.5. The Morgan fingerprint density at radius 3 is 2.89 bits per heavy atom. The van der Waals surface area contributed by atoms with Crippen molar-refractivity contribution in [1.29, 1.82) is 0 Å². The molecule has 0 atom stereocenters. The molecule has 104 valence electrons. The predicted octanol–water partition coefficient (Wildman–Crippen LogP) is 1.34. The fraction of sp³-hybridized carbons (Fsp3) is 0.636. The summed E-state index contributed by atoms with van der Waals surface area (Å²) in [5.74, 6) is -0.00765. The maximum atomic E-state index is 10.9. The second-order valence-electron chi connectivity index (χ2n) is 4.42. The summed E-state index contributed by atoms with van der Waals surface area (Å²) in [6, 6.07) is 0. The monoisotopic (exact) mass is 267 g/mol. The summed E-state index contributed by atoms with van der Waals surface area (Å²) in [6.07, 6.45) is 6.15. The molecule has 0 bridgehead atoms. The van der Waals surface area contributed by atoms with Crippen molar-refractivity contribution < 1.29 is 9.66 Å². The molecule has 0 aliphatic heterocycles. The standard InChI is InChI=1S/C11H17N5O3/c12-10-9(16(17)18)11(15-7-14-10)13-5-6-19-8-3-1-2-4-8/h7-8H,1-6H2,(H3,12,13,14,15). The third kappa shape index (κ3) is 3.50. The lowest BCUT2D eigenvalue weighted by molar-refractivity contribution is -0.383. The van der Waals surface area contributed by atoms with Gasteiger partial charge in [0.15, 0.2) is 0 Å². The quantitative estimate of drug-likeness (QED) is 0.453. The Hall–Kier alpha value is -1.96. The van der Waals surface area contributed by atoms with Crippen molar-refractivity contribution in [2.45, 2.75) is 31.8 Å². The van der Waals surface area contributed by atoms with Crippen LogP contribution in [0.1, 0.15) is 25.7 Å². The fourth-order valence-corrected chi connectivity index (χ4v) is 2.15. The largest absolute Gasteiger partial charge is 0.378 e. The van der Waals surface area contributed by atoms with Gasteiger partial charge >= 0.3 is 5.69 Å². The van der Waals surface area contributed by atoms with Crippen LogP contribution in [0.4, 0.5) is 17.3 Å².